The van der Waals surface area contributed by atoms with Crippen molar-refractivity contribution >= 4 is 0 Å². The molecule has 6 nitrogen and oxygen atoms in total. The summed E-state index contributed by atoms with van der Waals surface area (Å²) < 4.78 is 48.5. The number of alkyl halides is 2. The van der Waals surface area contributed by atoms with E-state index in [0.717, 1.165) is 6.07 Å². The predicted molar refractivity (Wildman–Crippen MR) is 77.9 cm³/mol. The highest BCUT2D eigenvalue weighted by Gasteiger charge is 2.17. The first-order valence-corrected chi connectivity index (χ1v) is 6.96. The molecule has 0 spiro atoms. The quantitative estimate of drug-likeness (QED) is 0.701. The van der Waals surface area contributed by atoms with Crippen molar-refractivity contribution < 1.29 is 22.3 Å². The maximum atomic E-state index is 13.5. The number of halogens is 3. The molecule has 0 aliphatic carbocycles. The second-order valence-corrected chi connectivity index (χ2v) is 4.83. The molecule has 3 aromatic rings. The molecule has 2 heterocycles. The van der Waals surface area contributed by atoms with Crippen LogP contribution in [0.1, 0.15) is 23.6 Å². The minimum Gasteiger partial charge on any atom is -0.487 e. The zero-order chi connectivity index (χ0) is 17.8. The van der Waals surface area contributed by atoms with Gasteiger partial charge in [-0.3, -0.25) is 4.98 Å². The Morgan fingerprint density at radius 1 is 1.20 bits per heavy atom. The number of nitriles is 1. The normalized spacial score (nSPS) is 10.7. The molecular formula is C16H9F3N4O2. The summed E-state index contributed by atoms with van der Waals surface area (Å²) in [4.78, 5) is 4.09. The molecule has 0 N–H and O–H groups in total. The minimum atomic E-state index is -2.84. The van der Waals surface area contributed by atoms with Crippen LogP contribution >= 0.6 is 0 Å². The molecule has 0 unspecified atom stereocenters. The van der Waals surface area contributed by atoms with Crippen molar-refractivity contribution in [3.8, 4) is 23.3 Å². The van der Waals surface area contributed by atoms with Crippen molar-refractivity contribution in [3.63, 3.8) is 0 Å². The monoisotopic (exact) mass is 346 g/mol. The number of aromatic nitrogens is 3. The summed E-state index contributed by atoms with van der Waals surface area (Å²) in [6.07, 6.45) is -1.46. The molecule has 0 atom stereocenters. The molecule has 0 saturated carbocycles. The maximum absolute atomic E-state index is 13.5. The molecule has 0 saturated heterocycles. The Hall–Kier alpha value is -3.41. The van der Waals surface area contributed by atoms with Gasteiger partial charge in [0, 0.05) is 12.3 Å². The van der Waals surface area contributed by atoms with Crippen LogP contribution < -0.4 is 4.74 Å². The molecule has 0 aliphatic heterocycles. The average Bonchev–Trinajstić information content (AvgIpc) is 3.11. The Labute approximate surface area is 139 Å². The van der Waals surface area contributed by atoms with E-state index in [0.29, 0.717) is 11.3 Å². The fourth-order valence-electron chi connectivity index (χ4n) is 1.91. The van der Waals surface area contributed by atoms with E-state index < -0.39 is 18.1 Å². The molecule has 126 valence electrons. The average molecular weight is 346 g/mol. The number of pyridine rings is 1. The van der Waals surface area contributed by atoms with Crippen molar-refractivity contribution in [3.05, 3.63) is 59.5 Å². The first kappa shape index (κ1) is 16.4. The molecule has 0 aliphatic rings. The van der Waals surface area contributed by atoms with Gasteiger partial charge >= 0.3 is 6.43 Å². The van der Waals surface area contributed by atoms with E-state index in [9.17, 15) is 13.2 Å². The molecule has 1 aromatic carbocycles. The zero-order valence-corrected chi connectivity index (χ0v) is 12.5. The highest BCUT2D eigenvalue weighted by Crippen LogP contribution is 2.23. The number of nitrogens with zero attached hydrogens (tertiary/aromatic N) is 4. The van der Waals surface area contributed by atoms with Gasteiger partial charge < -0.3 is 9.15 Å². The number of benzene rings is 1. The van der Waals surface area contributed by atoms with Crippen molar-refractivity contribution in [2.75, 3.05) is 0 Å². The van der Waals surface area contributed by atoms with Crippen LogP contribution in [0.2, 0.25) is 0 Å². The third-order valence-electron chi connectivity index (χ3n) is 3.15. The van der Waals surface area contributed by atoms with Crippen molar-refractivity contribution in [2.24, 2.45) is 0 Å². The van der Waals surface area contributed by atoms with Gasteiger partial charge in [-0.15, -0.1) is 10.2 Å². The van der Waals surface area contributed by atoms with Crippen LogP contribution in [0.25, 0.3) is 11.5 Å². The molecule has 0 radical (unpaired) electrons. The van der Waals surface area contributed by atoms with E-state index in [1.807, 2.05) is 0 Å². The number of hydrogen-bond acceptors (Lipinski definition) is 6. The summed E-state index contributed by atoms with van der Waals surface area (Å²) in [5.41, 5.74) is 0.826. The lowest BCUT2D eigenvalue weighted by molar-refractivity contribution is 0.116. The first-order chi connectivity index (χ1) is 12.1. The second kappa shape index (κ2) is 7.00. The van der Waals surface area contributed by atoms with Crippen LogP contribution in [-0.2, 0) is 6.61 Å². The largest absolute Gasteiger partial charge is 0.487 e. The van der Waals surface area contributed by atoms with Crippen LogP contribution in [0.5, 0.6) is 5.75 Å². The smallest absolute Gasteiger partial charge is 0.314 e. The third-order valence-corrected chi connectivity index (χ3v) is 3.15. The van der Waals surface area contributed by atoms with Crippen LogP contribution in [0.3, 0.4) is 0 Å². The van der Waals surface area contributed by atoms with E-state index in [1.165, 1.54) is 18.3 Å². The standard InChI is InChI=1S/C16H9F3N4O2/c17-13-5-12(4-2-9(13)6-20)24-8-11-3-1-10(7-21-11)15-22-23-16(25-15)14(18)19/h1-5,7,14H,8H2. The lowest BCUT2D eigenvalue weighted by atomic mass is 10.2. The van der Waals surface area contributed by atoms with E-state index >= 15 is 0 Å². The van der Waals surface area contributed by atoms with Crippen LogP contribution in [0.15, 0.2) is 40.9 Å². The highest BCUT2D eigenvalue weighted by molar-refractivity contribution is 5.50. The van der Waals surface area contributed by atoms with Gasteiger partial charge in [-0.1, -0.05) is 0 Å². The summed E-state index contributed by atoms with van der Waals surface area (Å²) in [5, 5.41) is 15.4. The van der Waals surface area contributed by atoms with Crippen molar-refractivity contribution in [1.29, 1.82) is 5.26 Å². The topological polar surface area (TPSA) is 84.8 Å². The molecule has 0 bridgehead atoms. The second-order valence-electron chi connectivity index (χ2n) is 4.83. The third kappa shape index (κ3) is 3.74. The summed E-state index contributed by atoms with van der Waals surface area (Å²) >= 11 is 0. The maximum Gasteiger partial charge on any atom is 0.314 e. The van der Waals surface area contributed by atoms with Crippen molar-refractivity contribution in [2.45, 2.75) is 13.0 Å². The molecule has 0 fully saturated rings. The first-order valence-electron chi connectivity index (χ1n) is 6.96. The van der Waals surface area contributed by atoms with Crippen molar-refractivity contribution in [1.82, 2.24) is 15.2 Å². The number of rotatable bonds is 5. The van der Waals surface area contributed by atoms with Crippen LogP contribution in [0.4, 0.5) is 13.2 Å². The Kier molecular flexibility index (Phi) is 4.61. The summed E-state index contributed by atoms with van der Waals surface area (Å²) in [5.74, 6) is -1.25. The fourth-order valence-corrected chi connectivity index (χ4v) is 1.91. The van der Waals surface area contributed by atoms with Gasteiger partial charge in [0.25, 0.3) is 5.89 Å². The van der Waals surface area contributed by atoms with E-state index in [-0.39, 0.29) is 23.8 Å². The van der Waals surface area contributed by atoms with Gasteiger partial charge in [-0.05, 0) is 24.3 Å². The number of hydrogen-bond donors (Lipinski definition) is 0. The van der Waals surface area contributed by atoms with Gasteiger partial charge in [0.15, 0.2) is 0 Å². The Bertz CT molecular complexity index is 920. The van der Waals surface area contributed by atoms with Gasteiger partial charge in [-0.2, -0.15) is 14.0 Å². The Balaban J connectivity index is 1.66. The molecule has 2 aromatic heterocycles. The van der Waals surface area contributed by atoms with Gasteiger partial charge in [0.1, 0.15) is 24.2 Å². The Morgan fingerprint density at radius 2 is 2.04 bits per heavy atom. The summed E-state index contributed by atoms with van der Waals surface area (Å²) in [7, 11) is 0. The van der Waals surface area contributed by atoms with Crippen LogP contribution in [-0.4, -0.2) is 15.2 Å². The van der Waals surface area contributed by atoms with Gasteiger partial charge in [0.05, 0.1) is 16.8 Å². The summed E-state index contributed by atoms with van der Waals surface area (Å²) in [6, 6.07) is 8.76. The molecule has 25 heavy (non-hydrogen) atoms. The van der Waals surface area contributed by atoms with Crippen LogP contribution in [0, 0.1) is 17.1 Å². The van der Waals surface area contributed by atoms with Gasteiger partial charge in [0.2, 0.25) is 5.89 Å². The molecule has 9 heteroatoms. The predicted octanol–water partition coefficient (Wildman–Crippen LogP) is 3.66. The SMILES string of the molecule is N#Cc1ccc(OCc2ccc(-c3nnc(C(F)F)o3)cn2)cc1F. The lowest BCUT2D eigenvalue weighted by Crippen LogP contribution is -1.99. The van der Waals surface area contributed by atoms with E-state index in [4.69, 9.17) is 14.4 Å². The summed E-state index contributed by atoms with van der Waals surface area (Å²) in [6.45, 7) is 0.0533. The lowest BCUT2D eigenvalue weighted by Gasteiger charge is -2.06. The number of ether oxygens (including phenoxy) is 1. The highest BCUT2D eigenvalue weighted by atomic mass is 19.3. The molecular weight excluding hydrogens is 337 g/mol. The Morgan fingerprint density at radius 3 is 2.64 bits per heavy atom. The minimum absolute atomic E-state index is 0.0533. The molecule has 0 amide bonds. The zero-order valence-electron chi connectivity index (χ0n) is 12.5. The molecule has 3 rings (SSSR count). The van der Waals surface area contributed by atoms with E-state index in [1.54, 1.807) is 18.2 Å². The van der Waals surface area contributed by atoms with E-state index in [2.05, 4.69) is 15.2 Å². The fraction of sp³-hybridized carbons (Fsp3) is 0.125. The van der Waals surface area contributed by atoms with Gasteiger partial charge in [-0.25, -0.2) is 4.39 Å².